The van der Waals surface area contributed by atoms with E-state index in [0.717, 1.165) is 17.5 Å². The number of rotatable bonds is 5. The van der Waals surface area contributed by atoms with Gasteiger partial charge in [-0.05, 0) is 48.7 Å². The molecule has 0 saturated heterocycles. The molecule has 2 aromatic carbocycles. The van der Waals surface area contributed by atoms with Gasteiger partial charge in [-0.15, -0.1) is 0 Å². The summed E-state index contributed by atoms with van der Waals surface area (Å²) in [6, 6.07) is 13.8. The molecule has 0 aliphatic rings. The Morgan fingerprint density at radius 1 is 1.14 bits per heavy atom. The molecule has 112 valence electrons. The molecule has 0 aromatic heterocycles. The summed E-state index contributed by atoms with van der Waals surface area (Å²) in [5, 5.41) is 0. The third-order valence-electron chi connectivity index (χ3n) is 3.38. The second-order valence-electron chi connectivity index (χ2n) is 5.01. The van der Waals surface area contributed by atoms with Crippen LogP contribution in [0.15, 0.2) is 53.4 Å². The summed E-state index contributed by atoms with van der Waals surface area (Å²) in [5.74, 6) is 0. The molecule has 0 bridgehead atoms. The number of nitrogens with one attached hydrogen (secondary N) is 1. The lowest BCUT2D eigenvalue weighted by Gasteiger charge is -2.15. The lowest BCUT2D eigenvalue weighted by molar-refractivity contribution is 0.567. The first kappa shape index (κ1) is 15.5. The van der Waals surface area contributed by atoms with Crippen molar-refractivity contribution in [2.24, 2.45) is 0 Å². The maximum Gasteiger partial charge on any atom is 0.241 e. The number of hydrogen-bond donors (Lipinski definition) is 2. The molecular formula is C16H20N2O2S. The van der Waals surface area contributed by atoms with Gasteiger partial charge in [0.15, 0.2) is 0 Å². The van der Waals surface area contributed by atoms with Gasteiger partial charge in [-0.25, -0.2) is 13.1 Å². The molecule has 3 N–H and O–H groups in total. The lowest BCUT2D eigenvalue weighted by atomic mass is 10.1. The highest BCUT2D eigenvalue weighted by Gasteiger charge is 2.18. The molecule has 0 spiro atoms. The van der Waals surface area contributed by atoms with Gasteiger partial charge in [-0.1, -0.05) is 31.2 Å². The molecule has 0 aliphatic heterocycles. The van der Waals surface area contributed by atoms with Crippen molar-refractivity contribution in [3.05, 3.63) is 59.7 Å². The van der Waals surface area contributed by atoms with Crippen molar-refractivity contribution < 1.29 is 8.42 Å². The Morgan fingerprint density at radius 3 is 2.38 bits per heavy atom. The zero-order valence-corrected chi connectivity index (χ0v) is 13.0. The molecule has 0 saturated carbocycles. The van der Waals surface area contributed by atoms with E-state index in [-0.39, 0.29) is 10.9 Å². The first-order chi connectivity index (χ1) is 9.92. The van der Waals surface area contributed by atoms with E-state index in [1.807, 2.05) is 31.2 Å². The molecule has 5 heteroatoms. The Balaban J connectivity index is 2.20. The summed E-state index contributed by atoms with van der Waals surface area (Å²) < 4.78 is 27.4. The highest BCUT2D eigenvalue weighted by Crippen LogP contribution is 2.19. The van der Waals surface area contributed by atoms with E-state index in [2.05, 4.69) is 4.72 Å². The summed E-state index contributed by atoms with van der Waals surface area (Å²) >= 11 is 0. The molecule has 0 heterocycles. The molecule has 0 amide bonds. The first-order valence-corrected chi connectivity index (χ1v) is 8.37. The summed E-state index contributed by atoms with van der Waals surface area (Å²) in [5.41, 5.74) is 8.29. The van der Waals surface area contributed by atoms with Crippen LogP contribution in [-0.2, 0) is 16.4 Å². The van der Waals surface area contributed by atoms with Crippen molar-refractivity contribution in [3.8, 4) is 0 Å². The van der Waals surface area contributed by atoms with Gasteiger partial charge in [0.1, 0.15) is 0 Å². The number of nitrogen functional groups attached to an aromatic ring is 1. The van der Waals surface area contributed by atoms with Crippen molar-refractivity contribution in [1.29, 1.82) is 0 Å². The maximum absolute atomic E-state index is 12.4. The molecule has 2 rings (SSSR count). The summed E-state index contributed by atoms with van der Waals surface area (Å²) in [6.45, 7) is 3.83. The summed E-state index contributed by atoms with van der Waals surface area (Å²) in [7, 11) is -3.54. The van der Waals surface area contributed by atoms with Crippen LogP contribution >= 0.6 is 0 Å². The fourth-order valence-corrected chi connectivity index (χ4v) is 3.33. The number of aryl methyl sites for hydroxylation is 1. The van der Waals surface area contributed by atoms with Gasteiger partial charge in [-0.3, -0.25) is 0 Å². The van der Waals surface area contributed by atoms with Crippen molar-refractivity contribution in [2.45, 2.75) is 31.2 Å². The first-order valence-electron chi connectivity index (χ1n) is 6.89. The van der Waals surface area contributed by atoms with Crippen LogP contribution in [0.2, 0.25) is 0 Å². The Labute approximate surface area is 126 Å². The fourth-order valence-electron chi connectivity index (χ4n) is 2.10. The zero-order valence-electron chi connectivity index (χ0n) is 12.2. The van der Waals surface area contributed by atoms with E-state index in [0.29, 0.717) is 5.69 Å². The predicted molar refractivity (Wildman–Crippen MR) is 85.4 cm³/mol. The van der Waals surface area contributed by atoms with E-state index >= 15 is 0 Å². The topological polar surface area (TPSA) is 72.2 Å². The molecule has 1 atom stereocenters. The monoisotopic (exact) mass is 304 g/mol. The van der Waals surface area contributed by atoms with Gasteiger partial charge in [0.25, 0.3) is 0 Å². The van der Waals surface area contributed by atoms with Crippen molar-refractivity contribution in [3.63, 3.8) is 0 Å². The lowest BCUT2D eigenvalue weighted by Crippen LogP contribution is -2.26. The van der Waals surface area contributed by atoms with E-state index in [4.69, 9.17) is 5.73 Å². The van der Waals surface area contributed by atoms with Crippen LogP contribution in [0.25, 0.3) is 0 Å². The van der Waals surface area contributed by atoms with Crippen LogP contribution in [0, 0.1) is 0 Å². The van der Waals surface area contributed by atoms with Crippen LogP contribution in [0.1, 0.15) is 31.0 Å². The van der Waals surface area contributed by atoms with Gasteiger partial charge >= 0.3 is 0 Å². The zero-order chi connectivity index (χ0) is 15.5. The van der Waals surface area contributed by atoms with Gasteiger partial charge < -0.3 is 5.73 Å². The highest BCUT2D eigenvalue weighted by atomic mass is 32.2. The van der Waals surface area contributed by atoms with Crippen LogP contribution in [0.5, 0.6) is 0 Å². The summed E-state index contributed by atoms with van der Waals surface area (Å²) in [4.78, 5) is 0.274. The number of benzene rings is 2. The Bertz CT molecular complexity index is 709. The van der Waals surface area contributed by atoms with Gasteiger partial charge in [0, 0.05) is 11.7 Å². The third-order valence-corrected chi connectivity index (χ3v) is 4.94. The van der Waals surface area contributed by atoms with Crippen LogP contribution in [-0.4, -0.2) is 8.42 Å². The van der Waals surface area contributed by atoms with Crippen molar-refractivity contribution in [1.82, 2.24) is 4.72 Å². The predicted octanol–water partition coefficient (Wildman–Crippen LogP) is 2.87. The number of anilines is 1. The second kappa shape index (κ2) is 6.28. The molecular weight excluding hydrogens is 284 g/mol. The quantitative estimate of drug-likeness (QED) is 0.834. The molecule has 4 nitrogen and oxygen atoms in total. The minimum atomic E-state index is -3.54. The molecule has 0 fully saturated rings. The Kier molecular flexibility index (Phi) is 4.65. The smallest absolute Gasteiger partial charge is 0.241 e. The number of sulfonamides is 1. The molecule has 21 heavy (non-hydrogen) atoms. The van der Waals surface area contributed by atoms with Gasteiger partial charge in [-0.2, -0.15) is 0 Å². The normalized spacial score (nSPS) is 13.0. The van der Waals surface area contributed by atoms with Crippen LogP contribution in [0.3, 0.4) is 0 Å². The molecule has 0 aliphatic carbocycles. The molecule has 0 radical (unpaired) electrons. The SMILES string of the molecule is CCc1ccc(S(=O)(=O)NC(C)c2cccc(N)c2)cc1. The fraction of sp³-hybridized carbons (Fsp3) is 0.250. The highest BCUT2D eigenvalue weighted by molar-refractivity contribution is 7.89. The van der Waals surface area contributed by atoms with E-state index in [1.165, 1.54) is 0 Å². The summed E-state index contributed by atoms with van der Waals surface area (Å²) in [6.07, 6.45) is 0.882. The second-order valence-corrected chi connectivity index (χ2v) is 6.72. The third kappa shape index (κ3) is 3.83. The number of hydrogen-bond acceptors (Lipinski definition) is 3. The van der Waals surface area contributed by atoms with Crippen LogP contribution < -0.4 is 10.5 Å². The molecule has 2 aromatic rings. The van der Waals surface area contributed by atoms with Crippen LogP contribution in [0.4, 0.5) is 5.69 Å². The molecule has 1 unspecified atom stereocenters. The Morgan fingerprint density at radius 2 is 1.81 bits per heavy atom. The minimum Gasteiger partial charge on any atom is -0.399 e. The van der Waals surface area contributed by atoms with E-state index in [9.17, 15) is 8.42 Å². The van der Waals surface area contributed by atoms with Crippen molar-refractivity contribution >= 4 is 15.7 Å². The average Bonchev–Trinajstić information content (AvgIpc) is 2.47. The minimum absolute atomic E-state index is 0.274. The van der Waals surface area contributed by atoms with Crippen molar-refractivity contribution in [2.75, 3.05) is 5.73 Å². The average molecular weight is 304 g/mol. The largest absolute Gasteiger partial charge is 0.399 e. The Hall–Kier alpha value is -1.85. The standard InChI is InChI=1S/C16H20N2O2S/c1-3-13-7-9-16(10-8-13)21(19,20)18-12(2)14-5-4-6-15(17)11-14/h4-12,18H,3,17H2,1-2H3. The van der Waals surface area contributed by atoms with Gasteiger partial charge in [0.2, 0.25) is 10.0 Å². The van der Waals surface area contributed by atoms with Gasteiger partial charge in [0.05, 0.1) is 4.90 Å². The number of nitrogens with two attached hydrogens (primary N) is 1. The van der Waals surface area contributed by atoms with E-state index in [1.54, 1.807) is 31.2 Å². The maximum atomic E-state index is 12.4. The van der Waals surface area contributed by atoms with E-state index < -0.39 is 10.0 Å².